The minimum Gasteiger partial charge on any atom is -0.493 e. The van der Waals surface area contributed by atoms with Crippen molar-refractivity contribution in [3.8, 4) is 34.3 Å². The zero-order chi connectivity index (χ0) is 27.1. The van der Waals surface area contributed by atoms with Crippen LogP contribution in [-0.4, -0.2) is 47.8 Å². The Kier molecular flexibility index (Phi) is 8.77. The van der Waals surface area contributed by atoms with Crippen molar-refractivity contribution in [1.29, 1.82) is 0 Å². The van der Waals surface area contributed by atoms with Crippen LogP contribution in [0.1, 0.15) is 5.56 Å². The van der Waals surface area contributed by atoms with E-state index in [0.29, 0.717) is 50.1 Å². The number of halogens is 1. The van der Waals surface area contributed by atoms with Crippen LogP contribution in [0, 0.1) is 0 Å². The van der Waals surface area contributed by atoms with E-state index in [2.05, 4.69) is 27.6 Å². The van der Waals surface area contributed by atoms with Crippen LogP contribution in [0.25, 0.3) is 22.8 Å². The zero-order valence-corrected chi connectivity index (χ0v) is 22.6. The Balaban J connectivity index is 1.57. The second-order valence-corrected chi connectivity index (χ2v) is 9.16. The fraction of sp³-hybridized carbons (Fsp3) is 0.148. The fourth-order valence-corrected chi connectivity index (χ4v) is 4.66. The molecule has 11 heteroatoms. The Hall–Kier alpha value is -4.15. The number of carbonyl (C=O) groups excluding carboxylic acids is 1. The standard InChI is InChI=1S/C27H26ClN5O4S/c1-17(20-12-8-9-13-21(20)28)29-30-24(34)16-38-27-32-31-26(33(27)19-10-6-5-7-11-19)18-14-22(35-2)25(37-4)23(15-18)36-3/h5-15,29H,1,16H2,2-4H3,(H,30,34). The summed E-state index contributed by atoms with van der Waals surface area (Å²) in [5.74, 6) is 1.79. The summed E-state index contributed by atoms with van der Waals surface area (Å²) in [6, 6.07) is 20.5. The van der Waals surface area contributed by atoms with E-state index in [1.165, 1.54) is 11.8 Å². The largest absolute Gasteiger partial charge is 0.493 e. The summed E-state index contributed by atoms with van der Waals surface area (Å²) in [4.78, 5) is 12.6. The van der Waals surface area contributed by atoms with Gasteiger partial charge in [-0.1, -0.05) is 66.3 Å². The number of hydrazine groups is 1. The lowest BCUT2D eigenvalue weighted by molar-refractivity contribution is -0.119. The lowest BCUT2D eigenvalue weighted by Gasteiger charge is -2.15. The van der Waals surface area contributed by atoms with Crippen molar-refractivity contribution >= 4 is 35.0 Å². The average Bonchev–Trinajstić information content (AvgIpc) is 3.38. The molecule has 0 unspecified atom stereocenters. The van der Waals surface area contributed by atoms with E-state index in [1.54, 1.807) is 39.5 Å². The predicted octanol–water partition coefficient (Wildman–Crippen LogP) is 5.00. The van der Waals surface area contributed by atoms with Crippen molar-refractivity contribution in [1.82, 2.24) is 25.6 Å². The van der Waals surface area contributed by atoms with E-state index in [9.17, 15) is 4.79 Å². The summed E-state index contributed by atoms with van der Waals surface area (Å²) in [5.41, 5.74) is 8.16. The van der Waals surface area contributed by atoms with Gasteiger partial charge in [-0.05, 0) is 30.3 Å². The molecule has 0 saturated carbocycles. The van der Waals surface area contributed by atoms with E-state index in [4.69, 9.17) is 25.8 Å². The summed E-state index contributed by atoms with van der Waals surface area (Å²) in [7, 11) is 4.65. The third-order valence-corrected chi connectivity index (χ3v) is 6.71. The smallest absolute Gasteiger partial charge is 0.248 e. The Bertz CT molecular complexity index is 1420. The molecule has 1 heterocycles. The number of methoxy groups -OCH3 is 3. The number of amides is 1. The number of thioether (sulfide) groups is 1. The van der Waals surface area contributed by atoms with Crippen LogP contribution in [0.15, 0.2) is 78.5 Å². The highest BCUT2D eigenvalue weighted by atomic mass is 35.5. The van der Waals surface area contributed by atoms with Gasteiger partial charge >= 0.3 is 0 Å². The Labute approximate surface area is 229 Å². The third kappa shape index (κ3) is 5.87. The Morgan fingerprint density at radius 2 is 1.61 bits per heavy atom. The number of carbonyl (C=O) groups is 1. The molecule has 38 heavy (non-hydrogen) atoms. The quantitative estimate of drug-likeness (QED) is 0.198. The van der Waals surface area contributed by atoms with Crippen molar-refractivity contribution in [3.05, 3.63) is 83.9 Å². The highest BCUT2D eigenvalue weighted by Gasteiger charge is 2.21. The molecule has 0 bridgehead atoms. The van der Waals surface area contributed by atoms with Crippen molar-refractivity contribution in [2.24, 2.45) is 0 Å². The fourth-order valence-electron chi connectivity index (χ4n) is 3.66. The zero-order valence-electron chi connectivity index (χ0n) is 21.0. The second kappa shape index (κ2) is 12.4. The number of aromatic nitrogens is 3. The lowest BCUT2D eigenvalue weighted by Crippen LogP contribution is -2.37. The number of rotatable bonds is 11. The molecule has 0 fully saturated rings. The van der Waals surface area contributed by atoms with Gasteiger partial charge in [0.1, 0.15) is 0 Å². The normalized spacial score (nSPS) is 10.5. The number of hydrogen-bond acceptors (Lipinski definition) is 8. The molecule has 0 spiro atoms. The molecule has 9 nitrogen and oxygen atoms in total. The molecular formula is C27H26ClN5O4S. The van der Waals surface area contributed by atoms with Crippen molar-refractivity contribution in [3.63, 3.8) is 0 Å². The molecule has 0 saturated heterocycles. The Morgan fingerprint density at radius 3 is 2.24 bits per heavy atom. The molecule has 3 aromatic carbocycles. The molecular weight excluding hydrogens is 526 g/mol. The van der Waals surface area contributed by atoms with Gasteiger partial charge < -0.3 is 14.2 Å². The second-order valence-electron chi connectivity index (χ2n) is 7.81. The highest BCUT2D eigenvalue weighted by molar-refractivity contribution is 7.99. The molecule has 196 valence electrons. The lowest BCUT2D eigenvalue weighted by atomic mass is 10.1. The van der Waals surface area contributed by atoms with Gasteiger partial charge in [-0.2, -0.15) is 0 Å². The first kappa shape index (κ1) is 26.9. The number of ether oxygens (including phenoxy) is 3. The van der Waals surface area contributed by atoms with E-state index >= 15 is 0 Å². The van der Waals surface area contributed by atoms with E-state index in [-0.39, 0.29) is 11.7 Å². The van der Waals surface area contributed by atoms with E-state index < -0.39 is 0 Å². The summed E-state index contributed by atoms with van der Waals surface area (Å²) in [5, 5.41) is 9.87. The number of benzene rings is 3. The number of para-hydroxylation sites is 1. The summed E-state index contributed by atoms with van der Waals surface area (Å²) < 4.78 is 18.3. The molecule has 1 amide bonds. The van der Waals surface area contributed by atoms with Gasteiger partial charge in [0, 0.05) is 21.8 Å². The van der Waals surface area contributed by atoms with Crippen LogP contribution in [0.4, 0.5) is 0 Å². The molecule has 0 aliphatic rings. The highest BCUT2D eigenvalue weighted by Crippen LogP contribution is 2.41. The molecule has 0 radical (unpaired) electrons. The first-order chi connectivity index (χ1) is 18.5. The summed E-state index contributed by atoms with van der Waals surface area (Å²) in [6.45, 7) is 3.93. The minimum absolute atomic E-state index is 0.0724. The minimum atomic E-state index is -0.278. The average molecular weight is 552 g/mol. The van der Waals surface area contributed by atoms with Crippen LogP contribution < -0.4 is 25.1 Å². The molecule has 1 aromatic heterocycles. The van der Waals surface area contributed by atoms with Crippen LogP contribution in [0.2, 0.25) is 5.02 Å². The molecule has 4 rings (SSSR count). The van der Waals surface area contributed by atoms with Crippen molar-refractivity contribution in [2.45, 2.75) is 5.16 Å². The first-order valence-electron chi connectivity index (χ1n) is 11.4. The molecule has 0 aliphatic heterocycles. The number of nitrogens with zero attached hydrogens (tertiary/aromatic N) is 3. The molecule has 0 aliphatic carbocycles. The Morgan fingerprint density at radius 1 is 0.947 bits per heavy atom. The maximum absolute atomic E-state index is 12.6. The van der Waals surface area contributed by atoms with Gasteiger partial charge in [0.15, 0.2) is 22.5 Å². The van der Waals surface area contributed by atoms with E-state index in [0.717, 1.165) is 5.69 Å². The van der Waals surface area contributed by atoms with Gasteiger partial charge in [-0.3, -0.25) is 20.2 Å². The van der Waals surface area contributed by atoms with Crippen molar-refractivity contribution < 1.29 is 19.0 Å². The maximum Gasteiger partial charge on any atom is 0.248 e. The predicted molar refractivity (Wildman–Crippen MR) is 149 cm³/mol. The van der Waals surface area contributed by atoms with Crippen LogP contribution >= 0.6 is 23.4 Å². The third-order valence-electron chi connectivity index (χ3n) is 5.45. The van der Waals surface area contributed by atoms with Gasteiger partial charge in [-0.15, -0.1) is 10.2 Å². The van der Waals surface area contributed by atoms with Gasteiger partial charge in [0.05, 0.1) is 32.8 Å². The van der Waals surface area contributed by atoms with Gasteiger partial charge in [0.25, 0.3) is 0 Å². The van der Waals surface area contributed by atoms with Crippen molar-refractivity contribution in [2.75, 3.05) is 27.1 Å². The SMILES string of the molecule is C=C(NNC(=O)CSc1nnc(-c2cc(OC)c(OC)c(OC)c2)n1-c1ccccc1)c1ccccc1Cl. The molecule has 0 atom stereocenters. The van der Waals surface area contributed by atoms with Crippen LogP contribution in [0.3, 0.4) is 0 Å². The molecule has 2 N–H and O–H groups in total. The van der Waals surface area contributed by atoms with Crippen LogP contribution in [0.5, 0.6) is 17.2 Å². The maximum atomic E-state index is 12.6. The van der Waals surface area contributed by atoms with Gasteiger partial charge in [-0.25, -0.2) is 0 Å². The van der Waals surface area contributed by atoms with Gasteiger partial charge in [0.2, 0.25) is 11.7 Å². The van der Waals surface area contributed by atoms with E-state index in [1.807, 2.05) is 53.1 Å². The van der Waals surface area contributed by atoms with Crippen LogP contribution in [-0.2, 0) is 4.79 Å². The number of hydrogen-bond donors (Lipinski definition) is 2. The summed E-state index contributed by atoms with van der Waals surface area (Å²) >= 11 is 7.44. The summed E-state index contributed by atoms with van der Waals surface area (Å²) in [6.07, 6.45) is 0. The number of nitrogens with one attached hydrogen (secondary N) is 2. The first-order valence-corrected chi connectivity index (χ1v) is 12.8. The monoisotopic (exact) mass is 551 g/mol. The topological polar surface area (TPSA) is 99.5 Å². The molecule has 4 aromatic rings.